The quantitative estimate of drug-likeness (QED) is 0.834. The van der Waals surface area contributed by atoms with E-state index >= 15 is 0 Å². The van der Waals surface area contributed by atoms with Gasteiger partial charge in [0.05, 0.1) is 6.04 Å². The third kappa shape index (κ3) is 3.99. The van der Waals surface area contributed by atoms with Gasteiger partial charge in [0.15, 0.2) is 11.5 Å². The number of fused-ring (bicyclic) bond motifs is 1. The standard InChI is InChI=1S/C18H27N3O3/c1-13(21-9-6-14(7-10-21)5-8-19-2)18(22)20-15-3-4-16-17(11-15)24-12-23-16/h3-4,11,13-14,19H,5-10,12H2,1-2H3,(H,20,22). The lowest BCUT2D eigenvalue weighted by molar-refractivity contribution is -0.121. The van der Waals surface area contributed by atoms with Crippen LogP contribution in [0.1, 0.15) is 26.2 Å². The van der Waals surface area contributed by atoms with Gasteiger partial charge < -0.3 is 20.1 Å². The maximum Gasteiger partial charge on any atom is 0.241 e. The van der Waals surface area contributed by atoms with Crippen molar-refractivity contribution < 1.29 is 14.3 Å². The first kappa shape index (κ1) is 17.0. The highest BCUT2D eigenvalue weighted by Crippen LogP contribution is 2.34. The van der Waals surface area contributed by atoms with Gasteiger partial charge >= 0.3 is 0 Å². The van der Waals surface area contributed by atoms with Crippen LogP contribution in [0.2, 0.25) is 0 Å². The smallest absolute Gasteiger partial charge is 0.241 e. The van der Waals surface area contributed by atoms with Crippen LogP contribution in [0.15, 0.2) is 18.2 Å². The van der Waals surface area contributed by atoms with Crippen LogP contribution in [0.25, 0.3) is 0 Å². The highest BCUT2D eigenvalue weighted by atomic mass is 16.7. The Morgan fingerprint density at radius 1 is 1.29 bits per heavy atom. The number of nitrogens with zero attached hydrogens (tertiary/aromatic N) is 1. The largest absolute Gasteiger partial charge is 0.454 e. The minimum absolute atomic E-state index is 0.0301. The lowest BCUT2D eigenvalue weighted by Gasteiger charge is -2.35. The Morgan fingerprint density at radius 2 is 2.04 bits per heavy atom. The molecule has 6 heteroatoms. The average Bonchev–Trinajstić information content (AvgIpc) is 3.07. The molecule has 0 saturated carbocycles. The first-order valence-corrected chi connectivity index (χ1v) is 8.76. The summed E-state index contributed by atoms with van der Waals surface area (Å²) in [4.78, 5) is 14.8. The van der Waals surface area contributed by atoms with Gasteiger partial charge in [0, 0.05) is 11.8 Å². The molecule has 2 N–H and O–H groups in total. The Kier molecular flexibility index (Phi) is 5.58. The number of ether oxygens (including phenoxy) is 2. The monoisotopic (exact) mass is 333 g/mol. The van der Waals surface area contributed by atoms with Crippen molar-refractivity contribution in [2.24, 2.45) is 5.92 Å². The molecule has 132 valence electrons. The summed E-state index contributed by atoms with van der Waals surface area (Å²) >= 11 is 0. The Hall–Kier alpha value is -1.79. The Morgan fingerprint density at radius 3 is 2.79 bits per heavy atom. The lowest BCUT2D eigenvalue weighted by Crippen LogP contribution is -2.46. The zero-order valence-electron chi connectivity index (χ0n) is 14.5. The zero-order chi connectivity index (χ0) is 16.9. The van der Waals surface area contributed by atoms with Crippen molar-refractivity contribution in [2.75, 3.05) is 38.8 Å². The van der Waals surface area contributed by atoms with E-state index in [1.165, 1.54) is 19.3 Å². The van der Waals surface area contributed by atoms with Crippen molar-refractivity contribution in [3.8, 4) is 11.5 Å². The van der Waals surface area contributed by atoms with Crippen molar-refractivity contribution in [1.29, 1.82) is 0 Å². The van der Waals surface area contributed by atoms with Crippen molar-refractivity contribution >= 4 is 11.6 Å². The van der Waals surface area contributed by atoms with E-state index in [2.05, 4.69) is 15.5 Å². The number of rotatable bonds is 6. The van der Waals surface area contributed by atoms with E-state index in [1.54, 1.807) is 0 Å². The van der Waals surface area contributed by atoms with Gasteiger partial charge in [-0.2, -0.15) is 0 Å². The molecule has 3 rings (SSSR count). The van der Waals surface area contributed by atoms with Crippen LogP contribution in [0.5, 0.6) is 11.5 Å². The Bertz CT molecular complexity index is 571. The van der Waals surface area contributed by atoms with E-state index in [-0.39, 0.29) is 18.7 Å². The number of likely N-dealkylation sites (tertiary alicyclic amines) is 1. The average molecular weight is 333 g/mol. The van der Waals surface area contributed by atoms with Gasteiger partial charge in [-0.3, -0.25) is 9.69 Å². The molecule has 1 amide bonds. The summed E-state index contributed by atoms with van der Waals surface area (Å²) in [6.45, 7) is 5.28. The Labute approximate surface area is 143 Å². The summed E-state index contributed by atoms with van der Waals surface area (Å²) in [5.74, 6) is 2.22. The van der Waals surface area contributed by atoms with Crippen molar-refractivity contribution in [3.63, 3.8) is 0 Å². The third-order valence-electron chi connectivity index (χ3n) is 5.02. The van der Waals surface area contributed by atoms with Gasteiger partial charge in [-0.15, -0.1) is 0 Å². The van der Waals surface area contributed by atoms with Gasteiger partial charge in [0.25, 0.3) is 0 Å². The molecule has 6 nitrogen and oxygen atoms in total. The van der Waals surface area contributed by atoms with Crippen molar-refractivity contribution in [2.45, 2.75) is 32.2 Å². The van der Waals surface area contributed by atoms with E-state index < -0.39 is 0 Å². The third-order valence-corrected chi connectivity index (χ3v) is 5.02. The molecule has 1 fully saturated rings. The van der Waals surface area contributed by atoms with Gasteiger partial charge in [0.2, 0.25) is 12.7 Å². The SMILES string of the molecule is CNCCC1CCN(C(C)C(=O)Nc2ccc3c(c2)OCO3)CC1. The molecule has 2 aliphatic rings. The van der Waals surface area contributed by atoms with Crippen LogP contribution in [0.4, 0.5) is 5.69 Å². The molecule has 0 spiro atoms. The van der Waals surface area contributed by atoms with Gasteiger partial charge in [0.1, 0.15) is 0 Å². The number of piperidine rings is 1. The summed E-state index contributed by atoms with van der Waals surface area (Å²) in [5.41, 5.74) is 0.750. The van der Waals surface area contributed by atoms with Crippen LogP contribution in [0.3, 0.4) is 0 Å². The number of carbonyl (C=O) groups is 1. The molecule has 1 aromatic carbocycles. The highest BCUT2D eigenvalue weighted by molar-refractivity contribution is 5.94. The molecule has 1 atom stereocenters. The van der Waals surface area contributed by atoms with Crippen LogP contribution in [0, 0.1) is 5.92 Å². The van der Waals surface area contributed by atoms with E-state index in [1.807, 2.05) is 32.2 Å². The number of hydrogen-bond acceptors (Lipinski definition) is 5. The molecular weight excluding hydrogens is 306 g/mol. The number of benzene rings is 1. The molecule has 24 heavy (non-hydrogen) atoms. The minimum atomic E-state index is -0.124. The van der Waals surface area contributed by atoms with Crippen molar-refractivity contribution in [3.05, 3.63) is 18.2 Å². The molecule has 0 aromatic heterocycles. The van der Waals surface area contributed by atoms with E-state index in [9.17, 15) is 4.79 Å². The van der Waals surface area contributed by atoms with Crippen LogP contribution in [-0.2, 0) is 4.79 Å². The molecular formula is C18H27N3O3. The first-order valence-electron chi connectivity index (χ1n) is 8.76. The second-order valence-corrected chi connectivity index (χ2v) is 6.60. The van der Waals surface area contributed by atoms with Crippen LogP contribution in [-0.4, -0.2) is 50.3 Å². The van der Waals surface area contributed by atoms with E-state index in [4.69, 9.17) is 9.47 Å². The predicted octanol–water partition coefficient (Wildman–Crippen LogP) is 2.06. The van der Waals surface area contributed by atoms with Crippen molar-refractivity contribution in [1.82, 2.24) is 10.2 Å². The summed E-state index contributed by atoms with van der Waals surface area (Å²) in [7, 11) is 2.00. The van der Waals surface area contributed by atoms with Gasteiger partial charge in [-0.05, 0) is 70.9 Å². The van der Waals surface area contributed by atoms with E-state index in [0.717, 1.165) is 37.0 Å². The normalized spacial score (nSPS) is 19.2. The fourth-order valence-electron chi connectivity index (χ4n) is 3.36. The maximum atomic E-state index is 12.5. The van der Waals surface area contributed by atoms with Crippen LogP contribution < -0.4 is 20.1 Å². The van der Waals surface area contributed by atoms with Gasteiger partial charge in [-0.1, -0.05) is 0 Å². The summed E-state index contributed by atoms with van der Waals surface area (Å²) in [5, 5.41) is 6.20. The summed E-state index contributed by atoms with van der Waals surface area (Å²) in [6, 6.07) is 5.37. The summed E-state index contributed by atoms with van der Waals surface area (Å²) < 4.78 is 10.6. The van der Waals surface area contributed by atoms with Crippen LogP contribution >= 0.6 is 0 Å². The Balaban J connectivity index is 1.50. The molecule has 2 heterocycles. The number of nitrogens with one attached hydrogen (secondary N) is 2. The fourth-order valence-corrected chi connectivity index (χ4v) is 3.36. The molecule has 0 radical (unpaired) electrons. The maximum absolute atomic E-state index is 12.5. The zero-order valence-corrected chi connectivity index (χ0v) is 14.5. The minimum Gasteiger partial charge on any atom is -0.454 e. The predicted molar refractivity (Wildman–Crippen MR) is 93.5 cm³/mol. The number of hydrogen-bond donors (Lipinski definition) is 2. The summed E-state index contributed by atoms with van der Waals surface area (Å²) in [6.07, 6.45) is 3.56. The number of anilines is 1. The second-order valence-electron chi connectivity index (χ2n) is 6.60. The first-order chi connectivity index (χ1) is 11.7. The number of carbonyl (C=O) groups excluding carboxylic acids is 1. The second kappa shape index (κ2) is 7.85. The van der Waals surface area contributed by atoms with E-state index in [0.29, 0.717) is 5.75 Å². The van der Waals surface area contributed by atoms with Gasteiger partial charge in [-0.25, -0.2) is 0 Å². The molecule has 1 unspecified atom stereocenters. The molecule has 0 bridgehead atoms. The molecule has 0 aliphatic carbocycles. The lowest BCUT2D eigenvalue weighted by atomic mass is 9.93. The topological polar surface area (TPSA) is 62.8 Å². The number of amides is 1. The molecule has 1 aromatic rings. The molecule has 2 aliphatic heterocycles. The highest BCUT2D eigenvalue weighted by Gasteiger charge is 2.26. The molecule has 1 saturated heterocycles. The fraction of sp³-hybridized carbons (Fsp3) is 0.611.